The fourth-order valence-corrected chi connectivity index (χ4v) is 2.92. The molecule has 1 aromatic carbocycles. The highest BCUT2D eigenvalue weighted by atomic mass is 19.4. The molecular weight excluding hydrogens is 377 g/mol. The van der Waals surface area contributed by atoms with Gasteiger partial charge in [0.1, 0.15) is 5.75 Å². The zero-order valence-electron chi connectivity index (χ0n) is 16.0. The first-order chi connectivity index (χ1) is 13.3. The molecule has 1 fully saturated rings. The van der Waals surface area contributed by atoms with Gasteiger partial charge in [-0.3, -0.25) is 4.79 Å². The first kappa shape index (κ1) is 21.8. The molecule has 1 aromatic rings. The summed E-state index contributed by atoms with van der Waals surface area (Å²) in [6.07, 6.45) is -3.44. The molecule has 0 aliphatic carbocycles. The third kappa shape index (κ3) is 5.77. The predicted molar refractivity (Wildman–Crippen MR) is 97.2 cm³/mol. The van der Waals surface area contributed by atoms with Crippen molar-refractivity contribution in [1.29, 1.82) is 0 Å². The van der Waals surface area contributed by atoms with Crippen LogP contribution in [0.4, 0.5) is 23.7 Å². The average molecular weight is 402 g/mol. The Labute approximate surface area is 162 Å². The maximum atomic E-state index is 13.0. The molecule has 1 N–H and O–H groups in total. The van der Waals surface area contributed by atoms with Crippen LogP contribution >= 0.6 is 0 Å². The molecule has 0 bridgehead atoms. The fourth-order valence-electron chi connectivity index (χ4n) is 2.92. The van der Waals surface area contributed by atoms with Gasteiger partial charge in [-0.1, -0.05) is 6.92 Å². The monoisotopic (exact) mass is 402 g/mol. The summed E-state index contributed by atoms with van der Waals surface area (Å²) < 4.78 is 49.5. The number of hydrogen-bond donors (Lipinski definition) is 1. The smallest absolute Gasteiger partial charge is 0.416 e. The van der Waals surface area contributed by atoms with Gasteiger partial charge in [-0.05, 0) is 44.4 Å². The summed E-state index contributed by atoms with van der Waals surface area (Å²) in [5.74, 6) is -0.587. The van der Waals surface area contributed by atoms with E-state index in [1.165, 1.54) is 11.0 Å². The number of alkyl halides is 3. The number of anilines is 1. The van der Waals surface area contributed by atoms with E-state index in [-0.39, 0.29) is 24.0 Å². The maximum absolute atomic E-state index is 13.0. The van der Waals surface area contributed by atoms with Crippen LogP contribution in [0.5, 0.6) is 5.75 Å². The molecule has 0 radical (unpaired) electrons. The number of piperidine rings is 1. The van der Waals surface area contributed by atoms with Crippen LogP contribution in [-0.2, 0) is 15.7 Å². The van der Waals surface area contributed by atoms with Crippen molar-refractivity contribution in [3.63, 3.8) is 0 Å². The Morgan fingerprint density at radius 2 is 1.89 bits per heavy atom. The van der Waals surface area contributed by atoms with Crippen LogP contribution in [0.25, 0.3) is 0 Å². The van der Waals surface area contributed by atoms with Crippen LogP contribution in [0.2, 0.25) is 0 Å². The van der Waals surface area contributed by atoms with Gasteiger partial charge in [0, 0.05) is 19.0 Å². The van der Waals surface area contributed by atoms with Gasteiger partial charge in [-0.15, -0.1) is 0 Å². The van der Waals surface area contributed by atoms with Crippen molar-refractivity contribution in [1.82, 2.24) is 4.90 Å². The van der Waals surface area contributed by atoms with Gasteiger partial charge in [0.2, 0.25) is 5.91 Å². The normalized spacial score (nSPS) is 15.2. The van der Waals surface area contributed by atoms with E-state index in [4.69, 9.17) is 9.47 Å². The lowest BCUT2D eigenvalue weighted by Gasteiger charge is -2.30. The summed E-state index contributed by atoms with van der Waals surface area (Å²) in [6, 6.07) is 3.03. The number of hydrogen-bond acceptors (Lipinski definition) is 4. The Hall–Kier alpha value is -2.45. The summed E-state index contributed by atoms with van der Waals surface area (Å²) in [5, 5.41) is 2.57. The number of likely N-dealkylation sites (tertiary alicyclic amines) is 1. The Balaban J connectivity index is 2.07. The van der Waals surface area contributed by atoms with E-state index >= 15 is 0 Å². The number of nitrogens with zero attached hydrogens (tertiary/aromatic N) is 1. The van der Waals surface area contributed by atoms with E-state index in [0.717, 1.165) is 12.1 Å². The second-order valence-electron chi connectivity index (χ2n) is 6.51. The molecule has 156 valence electrons. The molecule has 1 aliphatic heterocycles. The Morgan fingerprint density at radius 1 is 1.21 bits per heavy atom. The molecule has 0 spiro atoms. The van der Waals surface area contributed by atoms with Crippen molar-refractivity contribution in [2.24, 2.45) is 5.92 Å². The average Bonchev–Trinajstić information content (AvgIpc) is 2.66. The number of ether oxygens (including phenoxy) is 2. The minimum atomic E-state index is -4.52. The van der Waals surface area contributed by atoms with E-state index < -0.39 is 23.8 Å². The van der Waals surface area contributed by atoms with Gasteiger partial charge in [-0.25, -0.2) is 4.79 Å². The summed E-state index contributed by atoms with van der Waals surface area (Å²) in [5.41, 5.74) is -0.857. The highest BCUT2D eigenvalue weighted by Crippen LogP contribution is 2.35. The molecule has 6 nitrogen and oxygen atoms in total. The van der Waals surface area contributed by atoms with E-state index in [2.05, 4.69) is 5.32 Å². The number of nitrogens with one attached hydrogen (secondary N) is 1. The molecule has 0 atom stereocenters. The zero-order valence-corrected chi connectivity index (χ0v) is 16.0. The van der Waals surface area contributed by atoms with E-state index in [9.17, 15) is 22.8 Å². The number of benzene rings is 1. The third-order valence-corrected chi connectivity index (χ3v) is 4.42. The van der Waals surface area contributed by atoms with Gasteiger partial charge in [0.15, 0.2) is 0 Å². The van der Waals surface area contributed by atoms with Gasteiger partial charge in [0.25, 0.3) is 0 Å². The highest BCUT2D eigenvalue weighted by molar-refractivity contribution is 5.94. The van der Waals surface area contributed by atoms with Gasteiger partial charge in [0.05, 0.1) is 24.5 Å². The van der Waals surface area contributed by atoms with Crippen LogP contribution in [0.1, 0.15) is 38.7 Å². The summed E-state index contributed by atoms with van der Waals surface area (Å²) in [4.78, 5) is 25.8. The topological polar surface area (TPSA) is 67.9 Å². The van der Waals surface area contributed by atoms with Gasteiger partial charge < -0.3 is 19.7 Å². The zero-order chi connectivity index (χ0) is 20.7. The minimum absolute atomic E-state index is 0.00102. The SMILES string of the molecule is CCCOc1ccc(C(F)(F)F)cc1NC(=O)C1CCN(C(=O)OCC)CC1. The first-order valence-electron chi connectivity index (χ1n) is 9.32. The number of rotatable bonds is 6. The molecule has 1 aliphatic rings. The standard InChI is InChI=1S/C19H25F3N2O4/c1-3-11-28-16-6-5-14(19(20,21)22)12-15(16)23-17(25)13-7-9-24(10-8-13)18(26)27-4-2/h5-6,12-13H,3-4,7-11H2,1-2H3,(H,23,25). The molecule has 0 unspecified atom stereocenters. The van der Waals surface area contributed by atoms with Crippen LogP contribution in [0.3, 0.4) is 0 Å². The Morgan fingerprint density at radius 3 is 2.46 bits per heavy atom. The molecule has 2 amide bonds. The van der Waals surface area contributed by atoms with E-state index in [1.54, 1.807) is 6.92 Å². The van der Waals surface area contributed by atoms with E-state index in [1.807, 2.05) is 6.92 Å². The van der Waals surface area contributed by atoms with Crippen LogP contribution < -0.4 is 10.1 Å². The van der Waals surface area contributed by atoms with Crippen LogP contribution in [-0.4, -0.2) is 43.2 Å². The quantitative estimate of drug-likeness (QED) is 0.770. The van der Waals surface area contributed by atoms with Crippen molar-refractivity contribution < 1.29 is 32.2 Å². The molecule has 1 heterocycles. The molecule has 9 heteroatoms. The molecule has 28 heavy (non-hydrogen) atoms. The maximum Gasteiger partial charge on any atom is 0.416 e. The summed E-state index contributed by atoms with van der Waals surface area (Å²) in [7, 11) is 0. The lowest BCUT2D eigenvalue weighted by molar-refractivity contribution is -0.137. The summed E-state index contributed by atoms with van der Waals surface area (Å²) >= 11 is 0. The van der Waals surface area contributed by atoms with Crippen molar-refractivity contribution >= 4 is 17.7 Å². The van der Waals surface area contributed by atoms with Crippen LogP contribution in [0, 0.1) is 5.92 Å². The Bertz CT molecular complexity index is 686. The predicted octanol–water partition coefficient (Wildman–Crippen LogP) is 4.30. The van der Waals surface area contributed by atoms with Gasteiger partial charge >= 0.3 is 12.3 Å². The van der Waals surface area contributed by atoms with Crippen molar-refractivity contribution in [2.75, 3.05) is 31.6 Å². The van der Waals surface area contributed by atoms with Crippen molar-refractivity contribution in [3.05, 3.63) is 23.8 Å². The van der Waals surface area contributed by atoms with Crippen LogP contribution in [0.15, 0.2) is 18.2 Å². The lowest BCUT2D eigenvalue weighted by Crippen LogP contribution is -2.41. The second-order valence-corrected chi connectivity index (χ2v) is 6.51. The number of carbonyl (C=O) groups is 2. The third-order valence-electron chi connectivity index (χ3n) is 4.42. The lowest BCUT2D eigenvalue weighted by atomic mass is 9.96. The molecule has 0 aromatic heterocycles. The summed E-state index contributed by atoms with van der Waals surface area (Å²) in [6.45, 7) is 4.91. The fraction of sp³-hybridized carbons (Fsp3) is 0.579. The first-order valence-corrected chi connectivity index (χ1v) is 9.32. The van der Waals surface area contributed by atoms with Crippen molar-refractivity contribution in [3.8, 4) is 5.75 Å². The number of amides is 2. The van der Waals surface area contributed by atoms with Crippen molar-refractivity contribution in [2.45, 2.75) is 39.3 Å². The molecule has 2 rings (SSSR count). The minimum Gasteiger partial charge on any atom is -0.491 e. The number of carbonyl (C=O) groups excluding carboxylic acids is 2. The molecular formula is C19H25F3N2O4. The van der Waals surface area contributed by atoms with Gasteiger partial charge in [-0.2, -0.15) is 13.2 Å². The highest BCUT2D eigenvalue weighted by Gasteiger charge is 2.32. The second kappa shape index (κ2) is 9.66. The number of halogens is 3. The molecule has 0 saturated carbocycles. The van der Waals surface area contributed by atoms with E-state index in [0.29, 0.717) is 39.0 Å². The molecule has 1 saturated heterocycles. The Kier molecular flexibility index (Phi) is 7.53. The largest absolute Gasteiger partial charge is 0.491 e.